The summed E-state index contributed by atoms with van der Waals surface area (Å²) in [5, 5.41) is 0.533. The first-order valence-corrected chi connectivity index (χ1v) is 12.7. The number of fused-ring (bicyclic) bond motifs is 1. The van der Waals surface area contributed by atoms with E-state index in [4.69, 9.17) is 26.1 Å². The maximum absolute atomic E-state index is 14.3. The van der Waals surface area contributed by atoms with Gasteiger partial charge >= 0.3 is 5.97 Å². The molecule has 1 saturated carbocycles. The van der Waals surface area contributed by atoms with Crippen LogP contribution in [0.3, 0.4) is 0 Å². The van der Waals surface area contributed by atoms with Gasteiger partial charge in [-0.05, 0) is 48.1 Å². The highest BCUT2D eigenvalue weighted by molar-refractivity contribution is 6.30. The van der Waals surface area contributed by atoms with E-state index in [0.717, 1.165) is 30.0 Å². The Labute approximate surface area is 219 Å². The lowest BCUT2D eigenvalue weighted by atomic mass is 10.1. The minimum absolute atomic E-state index is 0.174. The molecule has 0 amide bonds. The lowest BCUT2D eigenvalue weighted by Gasteiger charge is -2.16. The van der Waals surface area contributed by atoms with Gasteiger partial charge in [-0.3, -0.25) is 4.79 Å². The third kappa shape index (κ3) is 5.62. The van der Waals surface area contributed by atoms with Crippen LogP contribution in [-0.4, -0.2) is 29.2 Å². The number of benzene rings is 3. The summed E-state index contributed by atoms with van der Waals surface area (Å²) in [5.74, 6) is -0.604. The van der Waals surface area contributed by atoms with Crippen LogP contribution in [0.5, 0.6) is 5.75 Å². The number of rotatable bonds is 8. The number of hydrogen-bond acceptors (Lipinski definition) is 4. The van der Waals surface area contributed by atoms with Crippen molar-refractivity contribution in [2.24, 2.45) is 5.92 Å². The molecule has 5 rings (SSSR count). The molecule has 0 unspecified atom stereocenters. The highest BCUT2D eigenvalue weighted by atomic mass is 35.5. The smallest absolute Gasteiger partial charge is 0.309 e. The molecule has 4 aromatic rings. The van der Waals surface area contributed by atoms with E-state index in [0.29, 0.717) is 52.3 Å². The number of methoxy groups -OCH3 is 1. The van der Waals surface area contributed by atoms with Gasteiger partial charge < -0.3 is 14.0 Å². The Morgan fingerprint density at radius 1 is 1.03 bits per heavy atom. The van der Waals surface area contributed by atoms with Gasteiger partial charge in [-0.2, -0.15) is 0 Å². The van der Waals surface area contributed by atoms with Crippen LogP contribution in [-0.2, 0) is 22.5 Å². The zero-order chi connectivity index (χ0) is 25.9. The van der Waals surface area contributed by atoms with Crippen molar-refractivity contribution < 1.29 is 23.0 Å². The summed E-state index contributed by atoms with van der Waals surface area (Å²) < 4.78 is 41.3. The standard InChI is InChI=1S/C29H27ClF2N2O3/c1-36-28(35)12-18-6-8-19(9-7-18)16-34-26-15-24(32)23(31)14-25(26)33-29(34)22-11-10-21(30)13-27(22)37-17-20-4-2-3-5-20/h6-11,13-15,20H,2-5,12,16-17H2,1H3. The van der Waals surface area contributed by atoms with Gasteiger partial charge in [0.25, 0.3) is 0 Å². The molecule has 0 radical (unpaired) electrons. The van der Waals surface area contributed by atoms with Gasteiger partial charge in [0.1, 0.15) is 11.6 Å². The number of carbonyl (C=O) groups is 1. The molecular weight excluding hydrogens is 498 g/mol. The van der Waals surface area contributed by atoms with Crippen molar-refractivity contribution in [1.82, 2.24) is 9.55 Å². The van der Waals surface area contributed by atoms with E-state index >= 15 is 0 Å². The SMILES string of the molecule is COC(=O)Cc1ccc(Cn2c(-c3ccc(Cl)cc3OCC3CCCC3)nc3cc(F)c(F)cc32)cc1. The molecule has 1 fully saturated rings. The van der Waals surface area contributed by atoms with Crippen molar-refractivity contribution in [3.8, 4) is 17.1 Å². The van der Waals surface area contributed by atoms with Crippen molar-refractivity contribution in [2.75, 3.05) is 13.7 Å². The van der Waals surface area contributed by atoms with Gasteiger partial charge in [0.05, 0.1) is 36.7 Å². The third-order valence-corrected chi connectivity index (χ3v) is 7.10. The van der Waals surface area contributed by atoms with Gasteiger partial charge in [0, 0.05) is 23.7 Å². The number of aromatic nitrogens is 2. The topological polar surface area (TPSA) is 53.4 Å². The Hall–Kier alpha value is -3.45. The lowest BCUT2D eigenvalue weighted by molar-refractivity contribution is -0.139. The predicted molar refractivity (Wildman–Crippen MR) is 139 cm³/mol. The molecule has 8 heteroatoms. The van der Waals surface area contributed by atoms with Gasteiger partial charge in [-0.25, -0.2) is 13.8 Å². The molecular formula is C29H27ClF2N2O3. The van der Waals surface area contributed by atoms with Crippen molar-refractivity contribution >= 4 is 28.6 Å². The molecule has 192 valence electrons. The van der Waals surface area contributed by atoms with E-state index in [-0.39, 0.29) is 12.4 Å². The van der Waals surface area contributed by atoms with Crippen LogP contribution in [0.25, 0.3) is 22.4 Å². The number of halogens is 3. The third-order valence-electron chi connectivity index (χ3n) is 6.86. The average molecular weight is 525 g/mol. The van der Waals surface area contributed by atoms with Crippen LogP contribution >= 0.6 is 11.6 Å². The molecule has 0 atom stereocenters. The quantitative estimate of drug-likeness (QED) is 0.234. The van der Waals surface area contributed by atoms with Crippen molar-refractivity contribution in [3.63, 3.8) is 0 Å². The van der Waals surface area contributed by atoms with Gasteiger partial charge in [-0.1, -0.05) is 48.7 Å². The first-order chi connectivity index (χ1) is 17.9. The Morgan fingerprint density at radius 3 is 2.46 bits per heavy atom. The minimum Gasteiger partial charge on any atom is -0.492 e. The second kappa shape index (κ2) is 10.9. The van der Waals surface area contributed by atoms with Crippen LogP contribution in [0.1, 0.15) is 36.8 Å². The van der Waals surface area contributed by atoms with Crippen molar-refractivity contribution in [3.05, 3.63) is 82.4 Å². The molecule has 1 heterocycles. The van der Waals surface area contributed by atoms with Crippen molar-refractivity contribution in [1.29, 1.82) is 0 Å². The van der Waals surface area contributed by atoms with Crippen LogP contribution in [0, 0.1) is 17.6 Å². The molecule has 37 heavy (non-hydrogen) atoms. The molecule has 5 nitrogen and oxygen atoms in total. The molecule has 0 spiro atoms. The summed E-state index contributed by atoms with van der Waals surface area (Å²) in [5.41, 5.74) is 3.22. The van der Waals surface area contributed by atoms with Crippen LogP contribution < -0.4 is 4.74 Å². The Kier molecular flexibility index (Phi) is 7.42. The largest absolute Gasteiger partial charge is 0.492 e. The summed E-state index contributed by atoms with van der Waals surface area (Å²) in [4.78, 5) is 16.3. The van der Waals surface area contributed by atoms with Gasteiger partial charge in [0.15, 0.2) is 11.6 Å². The van der Waals surface area contributed by atoms with E-state index in [2.05, 4.69) is 0 Å². The summed E-state index contributed by atoms with van der Waals surface area (Å²) >= 11 is 6.31. The second-order valence-corrected chi connectivity index (χ2v) is 9.88. The summed E-state index contributed by atoms with van der Waals surface area (Å²) in [6, 6.07) is 15.1. The zero-order valence-corrected chi connectivity index (χ0v) is 21.2. The zero-order valence-electron chi connectivity index (χ0n) is 20.5. The van der Waals surface area contributed by atoms with Gasteiger partial charge in [0.2, 0.25) is 0 Å². The predicted octanol–water partition coefficient (Wildman–Crippen LogP) is 6.97. The summed E-state index contributed by atoms with van der Waals surface area (Å²) in [6.07, 6.45) is 4.87. The van der Waals surface area contributed by atoms with Crippen LogP contribution in [0.4, 0.5) is 8.78 Å². The number of hydrogen-bond donors (Lipinski definition) is 0. The molecule has 3 aromatic carbocycles. The first kappa shape index (κ1) is 25.2. The first-order valence-electron chi connectivity index (χ1n) is 12.3. The molecule has 1 aromatic heterocycles. The van der Waals surface area contributed by atoms with Crippen LogP contribution in [0.2, 0.25) is 5.02 Å². The lowest BCUT2D eigenvalue weighted by Crippen LogP contribution is -2.10. The van der Waals surface area contributed by atoms with Gasteiger partial charge in [-0.15, -0.1) is 0 Å². The van der Waals surface area contributed by atoms with E-state index in [1.807, 2.05) is 34.9 Å². The van der Waals surface area contributed by atoms with E-state index < -0.39 is 11.6 Å². The number of imidazole rings is 1. The summed E-state index contributed by atoms with van der Waals surface area (Å²) in [7, 11) is 1.35. The second-order valence-electron chi connectivity index (χ2n) is 9.45. The Balaban J connectivity index is 1.54. The van der Waals surface area contributed by atoms with Crippen molar-refractivity contribution in [2.45, 2.75) is 38.6 Å². The fourth-order valence-corrected chi connectivity index (χ4v) is 5.02. The molecule has 0 saturated heterocycles. The van der Waals surface area contributed by atoms with E-state index in [1.54, 1.807) is 12.1 Å². The summed E-state index contributed by atoms with van der Waals surface area (Å²) in [6.45, 7) is 0.929. The maximum atomic E-state index is 14.3. The monoisotopic (exact) mass is 524 g/mol. The minimum atomic E-state index is -0.954. The fraction of sp³-hybridized carbons (Fsp3) is 0.310. The molecule has 0 bridgehead atoms. The van der Waals surface area contributed by atoms with E-state index in [1.165, 1.54) is 26.0 Å². The normalized spacial score (nSPS) is 13.8. The number of nitrogens with zero attached hydrogens (tertiary/aromatic N) is 2. The average Bonchev–Trinajstić information content (AvgIpc) is 3.53. The number of ether oxygens (including phenoxy) is 2. The Morgan fingerprint density at radius 2 is 1.73 bits per heavy atom. The maximum Gasteiger partial charge on any atom is 0.309 e. The highest BCUT2D eigenvalue weighted by Crippen LogP contribution is 2.36. The van der Waals surface area contributed by atoms with Crippen LogP contribution in [0.15, 0.2) is 54.6 Å². The molecule has 1 aliphatic carbocycles. The number of esters is 1. The fourth-order valence-electron chi connectivity index (χ4n) is 4.85. The molecule has 0 aliphatic heterocycles. The van der Waals surface area contributed by atoms with E-state index in [9.17, 15) is 13.6 Å². The Bertz CT molecular complexity index is 1430. The molecule has 0 N–H and O–H groups in total. The highest BCUT2D eigenvalue weighted by Gasteiger charge is 2.21. The number of carbonyl (C=O) groups excluding carboxylic acids is 1. The molecule has 1 aliphatic rings.